The number of rotatable bonds is 7. The van der Waals surface area contributed by atoms with E-state index in [4.69, 9.17) is 15.2 Å². The molecule has 10 nitrogen and oxygen atoms in total. The first kappa shape index (κ1) is 23.3. The number of nitrogens with zero attached hydrogens (tertiary/aromatic N) is 2. The Balaban J connectivity index is 2.21. The van der Waals surface area contributed by atoms with Gasteiger partial charge < -0.3 is 15.2 Å². The van der Waals surface area contributed by atoms with Crippen LogP contribution in [0.15, 0.2) is 46.3 Å². The van der Waals surface area contributed by atoms with E-state index in [1.165, 1.54) is 31.4 Å². The summed E-state index contributed by atoms with van der Waals surface area (Å²) in [5.41, 5.74) is 6.54. The zero-order valence-electron chi connectivity index (χ0n) is 17.8. The van der Waals surface area contributed by atoms with E-state index in [1.54, 1.807) is 6.92 Å². The normalized spacial score (nSPS) is 20.3. The summed E-state index contributed by atoms with van der Waals surface area (Å²) in [7, 11) is 1.19. The van der Waals surface area contributed by atoms with Crippen LogP contribution in [0.4, 0.5) is 5.69 Å². The van der Waals surface area contributed by atoms with Crippen LogP contribution in [0.2, 0.25) is 0 Å². The van der Waals surface area contributed by atoms with Gasteiger partial charge >= 0.3 is 11.9 Å². The fraction of sp³-hybridized carbons (Fsp3) is 0.381. The molecule has 2 aliphatic heterocycles. The van der Waals surface area contributed by atoms with Crippen LogP contribution in [0.3, 0.4) is 0 Å². The Kier molecular flexibility index (Phi) is 6.87. The number of ether oxygens (including phenoxy) is 2. The number of unbranched alkanes of at least 4 members (excludes halogenated alkanes) is 1. The van der Waals surface area contributed by atoms with E-state index in [-0.39, 0.29) is 40.2 Å². The molecule has 0 saturated carbocycles. The second-order valence-corrected chi connectivity index (χ2v) is 8.54. The van der Waals surface area contributed by atoms with Gasteiger partial charge in [-0.2, -0.15) is 0 Å². The molecule has 1 saturated heterocycles. The molecule has 1 fully saturated rings. The Morgan fingerprint density at radius 3 is 2.44 bits per heavy atom. The van der Waals surface area contributed by atoms with Gasteiger partial charge in [0.1, 0.15) is 5.82 Å². The Bertz CT molecular complexity index is 1030. The number of nitrogens with two attached hydrogens (primary N) is 1. The molecule has 1 aromatic rings. The highest BCUT2D eigenvalue weighted by molar-refractivity contribution is 8.04. The number of nitro groups is 1. The van der Waals surface area contributed by atoms with Gasteiger partial charge in [0.15, 0.2) is 0 Å². The summed E-state index contributed by atoms with van der Waals surface area (Å²) < 4.78 is 10.3. The van der Waals surface area contributed by atoms with E-state index in [1.807, 2.05) is 6.92 Å². The van der Waals surface area contributed by atoms with E-state index < -0.39 is 28.0 Å². The number of thioether (sulfide) groups is 1. The SMILES string of the molecule is CCCCOC(=O)C1=C(N)N2C(=O)[C@H](C)SC2=C(C(=O)OC)[C@H]1c1ccc([N+](=O)[O-])cc1. The number of non-ortho nitro benzene ring substituents is 1. The summed E-state index contributed by atoms with van der Waals surface area (Å²) >= 11 is 1.14. The van der Waals surface area contributed by atoms with Crippen LogP contribution in [-0.2, 0) is 23.9 Å². The number of nitro benzene ring substituents is 1. The van der Waals surface area contributed by atoms with Crippen LogP contribution in [0.25, 0.3) is 0 Å². The molecule has 2 aliphatic rings. The highest BCUT2D eigenvalue weighted by Gasteiger charge is 2.49. The summed E-state index contributed by atoms with van der Waals surface area (Å²) in [6.45, 7) is 3.75. The smallest absolute Gasteiger partial charge is 0.338 e. The first-order chi connectivity index (χ1) is 15.2. The number of amides is 1. The Hall–Kier alpha value is -3.34. The third kappa shape index (κ3) is 4.07. The maximum Gasteiger partial charge on any atom is 0.338 e. The van der Waals surface area contributed by atoms with Crippen molar-refractivity contribution in [2.75, 3.05) is 13.7 Å². The second kappa shape index (κ2) is 9.43. The molecule has 2 heterocycles. The maximum atomic E-state index is 13.1. The highest BCUT2D eigenvalue weighted by atomic mass is 32.2. The number of benzene rings is 1. The van der Waals surface area contributed by atoms with E-state index in [2.05, 4.69) is 0 Å². The van der Waals surface area contributed by atoms with Gasteiger partial charge in [0.05, 0.1) is 46.0 Å². The minimum absolute atomic E-state index is 0.0562. The minimum Gasteiger partial charge on any atom is -0.466 e. The predicted octanol–water partition coefficient (Wildman–Crippen LogP) is 2.55. The average Bonchev–Trinajstić information content (AvgIpc) is 3.07. The first-order valence-corrected chi connectivity index (χ1v) is 10.8. The topological polar surface area (TPSA) is 142 Å². The van der Waals surface area contributed by atoms with Crippen LogP contribution in [0.5, 0.6) is 0 Å². The minimum atomic E-state index is -1.02. The van der Waals surface area contributed by atoms with Gasteiger partial charge in [-0.25, -0.2) is 9.59 Å². The molecule has 0 spiro atoms. The van der Waals surface area contributed by atoms with E-state index in [0.29, 0.717) is 12.0 Å². The molecule has 0 radical (unpaired) electrons. The van der Waals surface area contributed by atoms with Crippen molar-refractivity contribution in [3.8, 4) is 0 Å². The Morgan fingerprint density at radius 1 is 1.22 bits per heavy atom. The van der Waals surface area contributed by atoms with Crippen molar-refractivity contribution in [2.45, 2.75) is 37.9 Å². The van der Waals surface area contributed by atoms with Crippen LogP contribution >= 0.6 is 11.8 Å². The van der Waals surface area contributed by atoms with Gasteiger partial charge in [-0.15, -0.1) is 0 Å². The van der Waals surface area contributed by atoms with Crippen molar-refractivity contribution in [3.05, 3.63) is 61.9 Å². The lowest BCUT2D eigenvalue weighted by molar-refractivity contribution is -0.384. The summed E-state index contributed by atoms with van der Waals surface area (Å²) in [5.74, 6) is -3.02. The van der Waals surface area contributed by atoms with Crippen molar-refractivity contribution in [2.24, 2.45) is 5.73 Å². The summed E-state index contributed by atoms with van der Waals surface area (Å²) in [6, 6.07) is 5.43. The maximum absolute atomic E-state index is 13.1. The van der Waals surface area contributed by atoms with Crippen molar-refractivity contribution in [1.82, 2.24) is 4.90 Å². The van der Waals surface area contributed by atoms with Gasteiger partial charge in [-0.05, 0) is 18.9 Å². The van der Waals surface area contributed by atoms with Crippen molar-refractivity contribution in [1.29, 1.82) is 0 Å². The summed E-state index contributed by atoms with van der Waals surface area (Å²) in [6.07, 6.45) is 1.42. The molecule has 32 heavy (non-hydrogen) atoms. The lowest BCUT2D eigenvalue weighted by Crippen LogP contribution is -2.40. The highest BCUT2D eigenvalue weighted by Crippen LogP contribution is 2.49. The number of fused-ring (bicyclic) bond motifs is 1. The number of methoxy groups -OCH3 is 1. The summed E-state index contributed by atoms with van der Waals surface area (Å²) in [4.78, 5) is 50.4. The molecule has 2 N–H and O–H groups in total. The molecule has 0 aromatic heterocycles. The molecule has 1 amide bonds. The monoisotopic (exact) mass is 461 g/mol. The first-order valence-electron chi connectivity index (χ1n) is 9.97. The molecule has 170 valence electrons. The van der Waals surface area contributed by atoms with Gasteiger partial charge in [-0.3, -0.25) is 19.8 Å². The van der Waals surface area contributed by atoms with Gasteiger partial charge in [-0.1, -0.05) is 37.2 Å². The Morgan fingerprint density at radius 2 is 1.88 bits per heavy atom. The van der Waals surface area contributed by atoms with Crippen LogP contribution in [0.1, 0.15) is 38.2 Å². The Labute approximate surface area is 188 Å². The zero-order chi connectivity index (χ0) is 23.6. The van der Waals surface area contributed by atoms with Crippen molar-refractivity contribution >= 4 is 35.3 Å². The standard InChI is InChI=1S/C21H23N3O7S/c1-4-5-10-31-21(27)15-14(12-6-8-13(9-7-12)24(28)29)16(20(26)30-3)19-23(17(15)22)18(25)11(2)32-19/h6-9,11,14H,4-5,10,22H2,1-3H3/t11-,14-/m0/s1. The van der Waals surface area contributed by atoms with Crippen LogP contribution < -0.4 is 5.73 Å². The molecule has 1 aromatic carbocycles. The quantitative estimate of drug-likeness (QED) is 0.280. The lowest BCUT2D eigenvalue weighted by Gasteiger charge is -2.33. The van der Waals surface area contributed by atoms with Crippen molar-refractivity contribution in [3.63, 3.8) is 0 Å². The number of carbonyl (C=O) groups excluding carboxylic acids is 3. The molecule has 2 atom stereocenters. The summed E-state index contributed by atoms with van der Waals surface area (Å²) in [5, 5.41) is 10.8. The molecular formula is C21H23N3O7S. The predicted molar refractivity (Wildman–Crippen MR) is 116 cm³/mol. The van der Waals surface area contributed by atoms with Gasteiger partial charge in [0.2, 0.25) is 5.91 Å². The van der Waals surface area contributed by atoms with Gasteiger partial charge in [0.25, 0.3) is 5.69 Å². The van der Waals surface area contributed by atoms with Crippen LogP contribution in [0, 0.1) is 10.1 Å². The number of carbonyl (C=O) groups is 3. The molecule has 0 aliphatic carbocycles. The number of hydrogen-bond donors (Lipinski definition) is 1. The fourth-order valence-electron chi connectivity index (χ4n) is 3.55. The number of hydrogen-bond acceptors (Lipinski definition) is 9. The molecule has 0 bridgehead atoms. The lowest BCUT2D eigenvalue weighted by atomic mass is 9.82. The molecular weight excluding hydrogens is 438 g/mol. The van der Waals surface area contributed by atoms with Crippen LogP contribution in [-0.4, -0.2) is 46.6 Å². The second-order valence-electron chi connectivity index (χ2n) is 7.21. The average molecular weight is 461 g/mol. The van der Waals surface area contributed by atoms with Gasteiger partial charge in [0, 0.05) is 12.1 Å². The third-order valence-corrected chi connectivity index (χ3v) is 6.36. The third-order valence-electron chi connectivity index (χ3n) is 5.18. The number of esters is 2. The fourth-order valence-corrected chi connectivity index (χ4v) is 4.71. The van der Waals surface area contributed by atoms with E-state index in [9.17, 15) is 24.5 Å². The van der Waals surface area contributed by atoms with Crippen molar-refractivity contribution < 1.29 is 28.8 Å². The zero-order valence-corrected chi connectivity index (χ0v) is 18.6. The molecule has 0 unspecified atom stereocenters. The van der Waals surface area contributed by atoms with E-state index >= 15 is 0 Å². The largest absolute Gasteiger partial charge is 0.466 e. The molecule has 11 heteroatoms. The molecule has 3 rings (SSSR count). The van der Waals surface area contributed by atoms with E-state index in [0.717, 1.165) is 23.1 Å².